The van der Waals surface area contributed by atoms with Crippen LogP contribution in [0.2, 0.25) is 0 Å². The monoisotopic (exact) mass is 243 g/mol. The Morgan fingerprint density at radius 2 is 1.83 bits per heavy atom. The molecule has 0 aliphatic carbocycles. The summed E-state index contributed by atoms with van der Waals surface area (Å²) in [5, 5.41) is 0. The minimum absolute atomic E-state index is 0.000793. The normalized spacial score (nSPS) is 13.1. The molecule has 18 heavy (non-hydrogen) atoms. The summed E-state index contributed by atoms with van der Waals surface area (Å²) in [6, 6.07) is 7.90. The van der Waals surface area contributed by atoms with Gasteiger partial charge in [-0.05, 0) is 24.5 Å². The summed E-state index contributed by atoms with van der Waals surface area (Å²) >= 11 is 0. The zero-order valence-electron chi connectivity index (χ0n) is 11.1. The lowest BCUT2D eigenvalue weighted by atomic mass is 10.0. The molecule has 0 saturated carbocycles. The Morgan fingerprint density at radius 1 is 1.11 bits per heavy atom. The number of hydrogen-bond donors (Lipinski definition) is 1. The number of nitrogens with zero attached hydrogens (tertiary/aromatic N) is 2. The molecule has 3 nitrogen and oxygen atoms in total. The van der Waals surface area contributed by atoms with Crippen molar-refractivity contribution in [3.8, 4) is 0 Å². The topological polar surface area (TPSA) is 51.8 Å². The van der Waals surface area contributed by atoms with Gasteiger partial charge in [0.1, 0.15) is 0 Å². The van der Waals surface area contributed by atoms with Crippen LogP contribution in [0.25, 0.3) is 11.0 Å². The second-order valence-corrected chi connectivity index (χ2v) is 5.21. The molecule has 1 aromatic heterocycles. The predicted molar refractivity (Wildman–Crippen MR) is 75.2 cm³/mol. The fraction of sp³-hybridized carbons (Fsp3) is 0.467. The van der Waals surface area contributed by atoms with E-state index in [1.165, 1.54) is 6.42 Å². The summed E-state index contributed by atoms with van der Waals surface area (Å²) in [5.74, 6) is 0.736. The van der Waals surface area contributed by atoms with Gasteiger partial charge in [-0.3, -0.25) is 4.98 Å². The Kier molecular flexibility index (Phi) is 4.26. The van der Waals surface area contributed by atoms with Crippen LogP contribution in [0.3, 0.4) is 0 Å². The van der Waals surface area contributed by atoms with Gasteiger partial charge in [0, 0.05) is 6.04 Å². The van der Waals surface area contributed by atoms with Crippen molar-refractivity contribution in [3.05, 3.63) is 36.2 Å². The molecule has 1 heterocycles. The number of aromatic nitrogens is 2. The van der Waals surface area contributed by atoms with Crippen molar-refractivity contribution in [2.24, 2.45) is 11.7 Å². The highest BCUT2D eigenvalue weighted by atomic mass is 14.8. The first kappa shape index (κ1) is 13.0. The highest BCUT2D eigenvalue weighted by Crippen LogP contribution is 2.18. The van der Waals surface area contributed by atoms with E-state index in [0.717, 1.165) is 35.5 Å². The lowest BCUT2D eigenvalue weighted by Crippen LogP contribution is -2.12. The molecule has 0 spiro atoms. The van der Waals surface area contributed by atoms with Gasteiger partial charge in [0.2, 0.25) is 0 Å². The van der Waals surface area contributed by atoms with Gasteiger partial charge in [-0.1, -0.05) is 38.8 Å². The molecule has 0 amide bonds. The van der Waals surface area contributed by atoms with E-state index in [9.17, 15) is 0 Å². The Hall–Kier alpha value is -1.48. The molecule has 1 aromatic carbocycles. The van der Waals surface area contributed by atoms with Crippen LogP contribution in [0.1, 0.15) is 44.8 Å². The summed E-state index contributed by atoms with van der Waals surface area (Å²) in [5.41, 5.74) is 8.92. The number of benzene rings is 1. The van der Waals surface area contributed by atoms with Crippen molar-refractivity contribution in [1.82, 2.24) is 9.97 Å². The van der Waals surface area contributed by atoms with Crippen molar-refractivity contribution in [2.75, 3.05) is 0 Å². The van der Waals surface area contributed by atoms with E-state index in [1.54, 1.807) is 0 Å². The van der Waals surface area contributed by atoms with Crippen LogP contribution in [0.15, 0.2) is 30.5 Å². The number of para-hydroxylation sites is 2. The minimum Gasteiger partial charge on any atom is -0.323 e. The molecule has 0 bridgehead atoms. The van der Waals surface area contributed by atoms with Crippen LogP contribution in [0, 0.1) is 5.92 Å². The summed E-state index contributed by atoms with van der Waals surface area (Å²) in [6.07, 6.45) is 5.15. The molecule has 2 aromatic rings. The maximum Gasteiger partial charge on any atom is 0.0890 e. The minimum atomic E-state index is 0.000793. The predicted octanol–water partition coefficient (Wildman–Crippen LogP) is 3.46. The molecule has 0 radical (unpaired) electrons. The van der Waals surface area contributed by atoms with Crippen molar-refractivity contribution >= 4 is 11.0 Å². The first-order chi connectivity index (χ1) is 8.66. The summed E-state index contributed by atoms with van der Waals surface area (Å²) in [7, 11) is 0. The van der Waals surface area contributed by atoms with E-state index in [1.807, 2.05) is 30.5 Å². The summed E-state index contributed by atoms with van der Waals surface area (Å²) in [6.45, 7) is 4.47. The first-order valence-electron chi connectivity index (χ1n) is 6.64. The molecule has 96 valence electrons. The van der Waals surface area contributed by atoms with Gasteiger partial charge in [-0.15, -0.1) is 0 Å². The first-order valence-corrected chi connectivity index (χ1v) is 6.64. The van der Waals surface area contributed by atoms with Gasteiger partial charge in [0.25, 0.3) is 0 Å². The molecular formula is C15H21N3. The maximum atomic E-state index is 6.17. The van der Waals surface area contributed by atoms with Crippen LogP contribution in [-0.4, -0.2) is 9.97 Å². The highest BCUT2D eigenvalue weighted by Gasteiger charge is 2.09. The lowest BCUT2D eigenvalue weighted by molar-refractivity contribution is 0.501. The number of fused-ring (bicyclic) bond motifs is 1. The Labute approximate surface area is 108 Å². The maximum absolute atomic E-state index is 6.17. The molecule has 1 atom stereocenters. The van der Waals surface area contributed by atoms with Gasteiger partial charge in [0.15, 0.2) is 0 Å². The molecule has 0 fully saturated rings. The van der Waals surface area contributed by atoms with Gasteiger partial charge in [0.05, 0.1) is 22.9 Å². The summed E-state index contributed by atoms with van der Waals surface area (Å²) < 4.78 is 0. The largest absolute Gasteiger partial charge is 0.323 e. The van der Waals surface area contributed by atoms with Gasteiger partial charge in [-0.25, -0.2) is 4.98 Å². The molecule has 3 heteroatoms. The molecule has 0 aliphatic rings. The Bertz CT molecular complexity index is 508. The second-order valence-electron chi connectivity index (χ2n) is 5.21. The molecule has 2 N–H and O–H groups in total. The van der Waals surface area contributed by atoms with E-state index < -0.39 is 0 Å². The van der Waals surface area contributed by atoms with Crippen molar-refractivity contribution in [2.45, 2.75) is 39.2 Å². The Balaban J connectivity index is 2.06. The van der Waals surface area contributed by atoms with E-state index in [-0.39, 0.29) is 6.04 Å². The van der Waals surface area contributed by atoms with Gasteiger partial charge < -0.3 is 5.73 Å². The molecule has 0 aliphatic heterocycles. The van der Waals surface area contributed by atoms with E-state index in [2.05, 4.69) is 23.8 Å². The number of nitrogens with two attached hydrogens (primary N) is 1. The average molecular weight is 243 g/mol. The third-order valence-corrected chi connectivity index (χ3v) is 3.14. The smallest absolute Gasteiger partial charge is 0.0890 e. The average Bonchev–Trinajstić information content (AvgIpc) is 2.37. The van der Waals surface area contributed by atoms with Gasteiger partial charge in [-0.2, -0.15) is 0 Å². The van der Waals surface area contributed by atoms with Crippen LogP contribution in [0.4, 0.5) is 0 Å². The Morgan fingerprint density at radius 3 is 2.56 bits per heavy atom. The number of hydrogen-bond acceptors (Lipinski definition) is 3. The third kappa shape index (κ3) is 3.26. The van der Waals surface area contributed by atoms with Crippen LogP contribution in [-0.2, 0) is 0 Å². The highest BCUT2D eigenvalue weighted by molar-refractivity contribution is 5.73. The zero-order chi connectivity index (χ0) is 13.0. The zero-order valence-corrected chi connectivity index (χ0v) is 11.1. The van der Waals surface area contributed by atoms with Gasteiger partial charge >= 0.3 is 0 Å². The molecular weight excluding hydrogens is 222 g/mol. The van der Waals surface area contributed by atoms with E-state index in [4.69, 9.17) is 5.73 Å². The SMILES string of the molecule is CC(C)CCCC(N)c1cnc2ccccc2n1. The van der Waals surface area contributed by atoms with Crippen LogP contribution in [0.5, 0.6) is 0 Å². The van der Waals surface area contributed by atoms with E-state index in [0.29, 0.717) is 0 Å². The fourth-order valence-corrected chi connectivity index (χ4v) is 2.04. The molecule has 0 saturated heterocycles. The van der Waals surface area contributed by atoms with Crippen molar-refractivity contribution in [3.63, 3.8) is 0 Å². The fourth-order valence-electron chi connectivity index (χ4n) is 2.04. The summed E-state index contributed by atoms with van der Waals surface area (Å²) in [4.78, 5) is 8.99. The third-order valence-electron chi connectivity index (χ3n) is 3.14. The van der Waals surface area contributed by atoms with Crippen molar-refractivity contribution in [1.29, 1.82) is 0 Å². The quantitative estimate of drug-likeness (QED) is 0.875. The van der Waals surface area contributed by atoms with Crippen LogP contribution >= 0.6 is 0 Å². The second kappa shape index (κ2) is 5.91. The number of rotatable bonds is 5. The lowest BCUT2D eigenvalue weighted by Gasteiger charge is -2.12. The molecule has 1 unspecified atom stereocenters. The standard InChI is InChI=1S/C15H21N3/c1-11(2)6-5-7-12(16)15-10-17-13-8-3-4-9-14(13)18-15/h3-4,8-12H,5-7,16H2,1-2H3. The molecule has 2 rings (SSSR count). The van der Waals surface area contributed by atoms with E-state index >= 15 is 0 Å². The van der Waals surface area contributed by atoms with Crippen molar-refractivity contribution < 1.29 is 0 Å². The van der Waals surface area contributed by atoms with Crippen LogP contribution < -0.4 is 5.73 Å².